The summed E-state index contributed by atoms with van der Waals surface area (Å²) in [5, 5.41) is 11.6. The van der Waals surface area contributed by atoms with Gasteiger partial charge in [-0.3, -0.25) is 9.69 Å². The van der Waals surface area contributed by atoms with E-state index in [1.54, 1.807) is 11.9 Å². The second-order valence-electron chi connectivity index (χ2n) is 5.20. The molecule has 7 heteroatoms. The molecule has 0 aromatic rings. The Kier molecular flexibility index (Phi) is 6.06. The quantitative estimate of drug-likeness (QED) is 0.795. The van der Waals surface area contributed by atoms with Crippen molar-refractivity contribution in [2.75, 3.05) is 26.7 Å². The van der Waals surface area contributed by atoms with Crippen LogP contribution in [0.2, 0.25) is 0 Å². The van der Waals surface area contributed by atoms with Crippen molar-refractivity contribution in [2.45, 2.75) is 38.0 Å². The highest BCUT2D eigenvalue weighted by atomic mass is 19.4. The smallest absolute Gasteiger partial charge is 0.393 e. The number of rotatable bonds is 5. The molecule has 112 valence electrons. The van der Waals surface area contributed by atoms with E-state index in [2.05, 4.69) is 0 Å². The molecule has 2 unspecified atom stereocenters. The number of amides is 1. The molecule has 0 radical (unpaired) electrons. The number of hydrogen-bond acceptors (Lipinski definition) is 3. The van der Waals surface area contributed by atoms with Gasteiger partial charge in [0.2, 0.25) is 5.91 Å². The molecule has 19 heavy (non-hydrogen) atoms. The first-order valence-electron chi connectivity index (χ1n) is 6.48. The predicted molar refractivity (Wildman–Crippen MR) is 64.5 cm³/mol. The van der Waals surface area contributed by atoms with Crippen LogP contribution in [0.15, 0.2) is 0 Å². The molecule has 1 fully saturated rings. The van der Waals surface area contributed by atoms with E-state index in [0.717, 1.165) is 25.7 Å². The van der Waals surface area contributed by atoms with Gasteiger partial charge in [-0.2, -0.15) is 13.2 Å². The third-order valence-electron chi connectivity index (χ3n) is 3.31. The number of carbonyl (C=O) groups is 1. The monoisotopic (exact) mass is 282 g/mol. The SMILES string of the molecule is CN(CC(=O)NCC(F)(F)F)CC1CCCCC1O. The van der Waals surface area contributed by atoms with Crippen LogP contribution in [-0.2, 0) is 4.79 Å². The molecule has 2 atom stereocenters. The zero-order valence-corrected chi connectivity index (χ0v) is 11.0. The van der Waals surface area contributed by atoms with Crippen LogP contribution in [0.25, 0.3) is 0 Å². The Balaban J connectivity index is 2.26. The van der Waals surface area contributed by atoms with Gasteiger partial charge in [0.25, 0.3) is 0 Å². The summed E-state index contributed by atoms with van der Waals surface area (Å²) in [6.07, 6.45) is -1.03. The minimum Gasteiger partial charge on any atom is -0.393 e. The number of alkyl halides is 3. The second kappa shape index (κ2) is 7.09. The van der Waals surface area contributed by atoms with Crippen LogP contribution >= 0.6 is 0 Å². The van der Waals surface area contributed by atoms with Gasteiger partial charge in [0.15, 0.2) is 0 Å². The molecule has 1 amide bonds. The minimum absolute atomic E-state index is 0.0840. The highest BCUT2D eigenvalue weighted by Gasteiger charge is 2.28. The van der Waals surface area contributed by atoms with Crippen molar-refractivity contribution in [2.24, 2.45) is 5.92 Å². The average molecular weight is 282 g/mol. The van der Waals surface area contributed by atoms with Gasteiger partial charge in [-0.1, -0.05) is 12.8 Å². The molecule has 0 aromatic heterocycles. The zero-order chi connectivity index (χ0) is 14.5. The van der Waals surface area contributed by atoms with Gasteiger partial charge in [-0.05, 0) is 25.8 Å². The van der Waals surface area contributed by atoms with E-state index < -0.39 is 18.6 Å². The Morgan fingerprint density at radius 1 is 1.37 bits per heavy atom. The predicted octanol–water partition coefficient (Wildman–Crippen LogP) is 1.15. The van der Waals surface area contributed by atoms with E-state index in [0.29, 0.717) is 6.54 Å². The number of nitrogens with one attached hydrogen (secondary N) is 1. The van der Waals surface area contributed by atoms with E-state index in [1.165, 1.54) is 0 Å². The Morgan fingerprint density at radius 3 is 2.58 bits per heavy atom. The Morgan fingerprint density at radius 2 is 2.00 bits per heavy atom. The van der Waals surface area contributed by atoms with Gasteiger partial charge in [-0.25, -0.2) is 0 Å². The maximum atomic E-state index is 11.9. The number of likely N-dealkylation sites (N-methyl/N-ethyl adjacent to an activating group) is 1. The summed E-state index contributed by atoms with van der Waals surface area (Å²) in [7, 11) is 1.68. The lowest BCUT2D eigenvalue weighted by molar-refractivity contribution is -0.139. The first kappa shape index (κ1) is 16.2. The molecular weight excluding hydrogens is 261 g/mol. The third-order valence-corrected chi connectivity index (χ3v) is 3.31. The largest absolute Gasteiger partial charge is 0.405 e. The highest BCUT2D eigenvalue weighted by molar-refractivity contribution is 5.78. The van der Waals surface area contributed by atoms with Crippen LogP contribution < -0.4 is 5.32 Å². The lowest BCUT2D eigenvalue weighted by atomic mass is 9.86. The van der Waals surface area contributed by atoms with Crippen molar-refractivity contribution >= 4 is 5.91 Å². The van der Waals surface area contributed by atoms with E-state index in [1.807, 2.05) is 5.32 Å². The van der Waals surface area contributed by atoms with Crippen molar-refractivity contribution in [3.63, 3.8) is 0 Å². The molecule has 1 rings (SSSR count). The molecule has 0 aliphatic heterocycles. The fraction of sp³-hybridized carbons (Fsp3) is 0.917. The highest BCUT2D eigenvalue weighted by Crippen LogP contribution is 2.24. The molecule has 4 nitrogen and oxygen atoms in total. The van der Waals surface area contributed by atoms with Crippen molar-refractivity contribution in [1.29, 1.82) is 0 Å². The van der Waals surface area contributed by atoms with E-state index >= 15 is 0 Å². The van der Waals surface area contributed by atoms with Crippen LogP contribution in [0.1, 0.15) is 25.7 Å². The van der Waals surface area contributed by atoms with Crippen LogP contribution in [0.5, 0.6) is 0 Å². The molecule has 2 N–H and O–H groups in total. The summed E-state index contributed by atoms with van der Waals surface area (Å²) in [6.45, 7) is -0.856. The number of nitrogens with zero attached hydrogens (tertiary/aromatic N) is 1. The second-order valence-corrected chi connectivity index (χ2v) is 5.20. The van der Waals surface area contributed by atoms with Gasteiger partial charge in [0.05, 0.1) is 12.6 Å². The van der Waals surface area contributed by atoms with E-state index in [-0.39, 0.29) is 18.6 Å². The average Bonchev–Trinajstić information content (AvgIpc) is 2.29. The van der Waals surface area contributed by atoms with Crippen molar-refractivity contribution < 1.29 is 23.1 Å². The summed E-state index contributed by atoms with van der Waals surface area (Å²) in [5.41, 5.74) is 0. The summed E-state index contributed by atoms with van der Waals surface area (Å²) < 4.78 is 35.7. The molecule has 1 saturated carbocycles. The summed E-state index contributed by atoms with van der Waals surface area (Å²) in [5.74, 6) is -0.542. The van der Waals surface area contributed by atoms with Gasteiger partial charge in [0.1, 0.15) is 6.54 Å². The lowest BCUT2D eigenvalue weighted by Gasteiger charge is -2.30. The lowest BCUT2D eigenvalue weighted by Crippen LogP contribution is -2.42. The third kappa shape index (κ3) is 6.77. The van der Waals surface area contributed by atoms with Crippen LogP contribution in [0.4, 0.5) is 13.2 Å². The van der Waals surface area contributed by atoms with Crippen LogP contribution in [0.3, 0.4) is 0 Å². The Labute approximate surface area is 111 Å². The van der Waals surface area contributed by atoms with Crippen molar-refractivity contribution in [3.05, 3.63) is 0 Å². The fourth-order valence-electron chi connectivity index (χ4n) is 2.37. The number of aliphatic hydroxyl groups excluding tert-OH is 1. The molecule has 0 bridgehead atoms. The standard InChI is InChI=1S/C12H21F3N2O2/c1-17(6-9-4-2-3-5-10(9)18)7-11(19)16-8-12(13,14)15/h9-10,18H,2-8H2,1H3,(H,16,19). The molecular formula is C12H21F3N2O2. The van der Waals surface area contributed by atoms with E-state index in [4.69, 9.17) is 0 Å². The number of hydrogen-bond donors (Lipinski definition) is 2. The van der Waals surface area contributed by atoms with Crippen LogP contribution in [-0.4, -0.2) is 54.9 Å². The number of halogens is 3. The first-order chi connectivity index (χ1) is 8.78. The van der Waals surface area contributed by atoms with Gasteiger partial charge in [-0.15, -0.1) is 0 Å². The topological polar surface area (TPSA) is 52.6 Å². The fourth-order valence-corrected chi connectivity index (χ4v) is 2.37. The van der Waals surface area contributed by atoms with Crippen LogP contribution in [0, 0.1) is 5.92 Å². The summed E-state index contributed by atoms with van der Waals surface area (Å²) in [6, 6.07) is 0. The van der Waals surface area contributed by atoms with Crippen molar-refractivity contribution in [3.8, 4) is 0 Å². The molecule has 1 aliphatic carbocycles. The molecule has 0 saturated heterocycles. The first-order valence-corrected chi connectivity index (χ1v) is 6.48. The zero-order valence-electron chi connectivity index (χ0n) is 11.0. The van der Waals surface area contributed by atoms with Gasteiger partial charge < -0.3 is 10.4 Å². The molecule has 0 aromatic carbocycles. The number of carbonyl (C=O) groups excluding carboxylic acids is 1. The van der Waals surface area contributed by atoms with Crippen molar-refractivity contribution in [1.82, 2.24) is 10.2 Å². The summed E-state index contributed by atoms with van der Waals surface area (Å²) >= 11 is 0. The normalized spacial score (nSPS) is 24.5. The summed E-state index contributed by atoms with van der Waals surface area (Å²) in [4.78, 5) is 13.0. The van der Waals surface area contributed by atoms with Gasteiger partial charge in [0, 0.05) is 6.54 Å². The van der Waals surface area contributed by atoms with E-state index in [9.17, 15) is 23.1 Å². The molecule has 1 aliphatic rings. The molecule has 0 heterocycles. The number of aliphatic hydroxyl groups is 1. The molecule has 0 spiro atoms. The Hall–Kier alpha value is -0.820. The van der Waals surface area contributed by atoms with Gasteiger partial charge >= 0.3 is 6.18 Å². The Bertz CT molecular complexity index is 297. The maximum absolute atomic E-state index is 11.9. The maximum Gasteiger partial charge on any atom is 0.405 e. The minimum atomic E-state index is -4.38.